The van der Waals surface area contributed by atoms with E-state index >= 15 is 0 Å². The quantitative estimate of drug-likeness (QED) is 0.678. The van der Waals surface area contributed by atoms with E-state index in [-0.39, 0.29) is 18.0 Å². The van der Waals surface area contributed by atoms with E-state index in [4.69, 9.17) is 9.47 Å². The lowest BCUT2D eigenvalue weighted by Crippen LogP contribution is -2.46. The van der Waals surface area contributed by atoms with Crippen molar-refractivity contribution < 1.29 is 19.1 Å². The molecule has 1 fully saturated rings. The molecule has 8 heteroatoms. The fourth-order valence-corrected chi connectivity index (χ4v) is 3.75. The molecule has 0 saturated carbocycles. The minimum absolute atomic E-state index is 0.0675. The molecule has 1 N–H and O–H groups in total. The van der Waals surface area contributed by atoms with Gasteiger partial charge in [0.25, 0.3) is 0 Å². The van der Waals surface area contributed by atoms with E-state index in [0.29, 0.717) is 26.3 Å². The Morgan fingerprint density at radius 2 is 2.00 bits per heavy atom. The normalized spacial score (nSPS) is 14.7. The number of amides is 2. The number of nitrogens with one attached hydrogen (secondary N) is 1. The summed E-state index contributed by atoms with van der Waals surface area (Å²) in [7, 11) is 0. The number of nitrogens with zero attached hydrogens (tertiary/aromatic N) is 2. The Morgan fingerprint density at radius 3 is 2.63 bits per heavy atom. The summed E-state index contributed by atoms with van der Waals surface area (Å²) in [5.74, 6) is 0.624. The van der Waals surface area contributed by atoms with Crippen LogP contribution in [0.1, 0.15) is 36.0 Å². The van der Waals surface area contributed by atoms with E-state index in [1.807, 2.05) is 36.6 Å². The number of aromatic nitrogens is 1. The van der Waals surface area contributed by atoms with Crippen LogP contribution >= 0.6 is 11.3 Å². The first-order valence-corrected chi connectivity index (χ1v) is 11.0. The number of benzene rings is 1. The van der Waals surface area contributed by atoms with Crippen LogP contribution in [0.25, 0.3) is 6.08 Å². The second-order valence-corrected chi connectivity index (χ2v) is 8.08. The maximum Gasteiger partial charge on any atom is 0.409 e. The molecule has 30 heavy (non-hydrogen) atoms. The highest BCUT2D eigenvalue weighted by Crippen LogP contribution is 2.16. The van der Waals surface area contributed by atoms with Crippen molar-refractivity contribution in [3.8, 4) is 5.75 Å². The maximum atomic E-state index is 12.2. The van der Waals surface area contributed by atoms with Gasteiger partial charge in [0.1, 0.15) is 12.4 Å². The van der Waals surface area contributed by atoms with Gasteiger partial charge in [0.2, 0.25) is 5.91 Å². The van der Waals surface area contributed by atoms with Crippen molar-refractivity contribution in [1.82, 2.24) is 15.2 Å². The molecule has 0 spiro atoms. The molecule has 0 aliphatic carbocycles. The van der Waals surface area contributed by atoms with Crippen LogP contribution in [0.15, 0.2) is 35.7 Å². The lowest BCUT2D eigenvalue weighted by atomic mass is 10.1. The van der Waals surface area contributed by atoms with Crippen LogP contribution in [0, 0.1) is 6.92 Å². The van der Waals surface area contributed by atoms with Crippen molar-refractivity contribution in [2.24, 2.45) is 0 Å². The lowest BCUT2D eigenvalue weighted by molar-refractivity contribution is -0.117. The Labute approximate surface area is 180 Å². The second-order valence-electron chi connectivity index (χ2n) is 7.02. The average molecular weight is 430 g/mol. The van der Waals surface area contributed by atoms with Gasteiger partial charge in [-0.2, -0.15) is 0 Å². The molecule has 7 nitrogen and oxygen atoms in total. The van der Waals surface area contributed by atoms with Crippen molar-refractivity contribution in [2.75, 3.05) is 19.7 Å². The molecule has 2 aromatic rings. The van der Waals surface area contributed by atoms with E-state index in [1.54, 1.807) is 29.2 Å². The Hall–Kier alpha value is -2.87. The summed E-state index contributed by atoms with van der Waals surface area (Å²) in [6, 6.07) is 7.63. The zero-order valence-corrected chi connectivity index (χ0v) is 18.1. The zero-order valence-electron chi connectivity index (χ0n) is 17.3. The molecule has 1 aromatic carbocycles. The predicted molar refractivity (Wildman–Crippen MR) is 116 cm³/mol. The fourth-order valence-electron chi connectivity index (χ4n) is 3.15. The first-order chi connectivity index (χ1) is 14.5. The third-order valence-electron chi connectivity index (χ3n) is 4.73. The second kappa shape index (κ2) is 10.8. The molecule has 1 aliphatic rings. The lowest BCUT2D eigenvalue weighted by Gasteiger charge is -2.31. The number of likely N-dealkylation sites (tertiary alicyclic amines) is 1. The summed E-state index contributed by atoms with van der Waals surface area (Å²) >= 11 is 1.61. The van der Waals surface area contributed by atoms with Crippen LogP contribution < -0.4 is 10.1 Å². The van der Waals surface area contributed by atoms with Gasteiger partial charge >= 0.3 is 6.09 Å². The monoisotopic (exact) mass is 429 g/mol. The molecule has 0 unspecified atom stereocenters. The molecule has 1 aromatic heterocycles. The van der Waals surface area contributed by atoms with Crippen molar-refractivity contribution in [3.05, 3.63) is 52.0 Å². The molecule has 3 rings (SSSR count). The van der Waals surface area contributed by atoms with Gasteiger partial charge in [-0.05, 0) is 50.5 Å². The molecule has 1 saturated heterocycles. The van der Waals surface area contributed by atoms with Gasteiger partial charge in [-0.25, -0.2) is 9.78 Å². The van der Waals surface area contributed by atoms with Crippen LogP contribution in [0.3, 0.4) is 0 Å². The van der Waals surface area contributed by atoms with E-state index in [0.717, 1.165) is 34.9 Å². The Kier molecular flexibility index (Phi) is 7.84. The molecular weight excluding hydrogens is 402 g/mol. The van der Waals surface area contributed by atoms with Crippen LogP contribution in [-0.2, 0) is 16.1 Å². The highest BCUT2D eigenvalue weighted by molar-refractivity contribution is 7.09. The van der Waals surface area contributed by atoms with Gasteiger partial charge in [-0.15, -0.1) is 11.3 Å². The van der Waals surface area contributed by atoms with Crippen LogP contribution in [-0.4, -0.2) is 47.6 Å². The Balaban J connectivity index is 1.41. The number of rotatable bonds is 7. The summed E-state index contributed by atoms with van der Waals surface area (Å²) in [5, 5.41) is 6.01. The number of carbonyl (C=O) groups is 2. The molecule has 2 heterocycles. The van der Waals surface area contributed by atoms with E-state index < -0.39 is 0 Å². The maximum absolute atomic E-state index is 12.2. The number of ether oxygens (including phenoxy) is 2. The molecular formula is C22H27N3O4S. The van der Waals surface area contributed by atoms with E-state index in [9.17, 15) is 9.59 Å². The molecule has 0 atom stereocenters. The number of thiazole rings is 1. The number of aryl methyl sites for hydroxylation is 1. The van der Waals surface area contributed by atoms with Gasteiger partial charge in [0.15, 0.2) is 0 Å². The van der Waals surface area contributed by atoms with Gasteiger partial charge < -0.3 is 19.7 Å². The van der Waals surface area contributed by atoms with Crippen LogP contribution in [0.4, 0.5) is 4.79 Å². The Morgan fingerprint density at radius 1 is 1.27 bits per heavy atom. The van der Waals surface area contributed by atoms with Crippen molar-refractivity contribution in [2.45, 2.75) is 39.3 Å². The molecule has 1 aliphatic heterocycles. The first kappa shape index (κ1) is 21.8. The molecule has 0 radical (unpaired) electrons. The first-order valence-electron chi connectivity index (χ1n) is 10.1. The highest BCUT2D eigenvalue weighted by Gasteiger charge is 2.23. The topological polar surface area (TPSA) is 80.8 Å². The smallest absolute Gasteiger partial charge is 0.409 e. The standard InChI is InChI=1S/C22H27N3O4S/c1-3-28-22(27)25-12-10-18(11-13-25)24-21(26)9-6-17-4-7-20(8-5-17)29-14-19-15-30-16(2)23-19/h4-9,15,18H,3,10-14H2,1-2H3,(H,24,26)/b9-6+. The molecule has 2 amide bonds. The summed E-state index contributed by atoms with van der Waals surface area (Å²) in [5.41, 5.74) is 1.84. The minimum atomic E-state index is -0.281. The third kappa shape index (κ3) is 6.59. The summed E-state index contributed by atoms with van der Waals surface area (Å²) in [6.45, 7) is 5.76. The number of hydrogen-bond acceptors (Lipinski definition) is 6. The van der Waals surface area contributed by atoms with Crippen molar-refractivity contribution in [1.29, 1.82) is 0 Å². The third-order valence-corrected chi connectivity index (χ3v) is 5.55. The van der Waals surface area contributed by atoms with Gasteiger partial charge in [-0.3, -0.25) is 4.79 Å². The fraction of sp³-hybridized carbons (Fsp3) is 0.409. The number of piperidine rings is 1. The molecule has 0 bridgehead atoms. The zero-order chi connectivity index (χ0) is 21.3. The Bertz CT molecular complexity index is 871. The van der Waals surface area contributed by atoms with Gasteiger partial charge in [0, 0.05) is 30.6 Å². The van der Waals surface area contributed by atoms with Crippen LogP contribution in [0.5, 0.6) is 5.75 Å². The molecule has 160 valence electrons. The van der Waals surface area contributed by atoms with Gasteiger partial charge in [0.05, 0.1) is 17.3 Å². The van der Waals surface area contributed by atoms with E-state index in [2.05, 4.69) is 10.3 Å². The average Bonchev–Trinajstić information content (AvgIpc) is 3.17. The van der Waals surface area contributed by atoms with Gasteiger partial charge in [-0.1, -0.05) is 12.1 Å². The predicted octanol–water partition coefficient (Wildman–Crippen LogP) is 3.78. The van der Waals surface area contributed by atoms with Crippen molar-refractivity contribution >= 4 is 29.4 Å². The summed E-state index contributed by atoms with van der Waals surface area (Å²) in [4.78, 5) is 30.0. The minimum Gasteiger partial charge on any atom is -0.487 e. The summed E-state index contributed by atoms with van der Waals surface area (Å²) < 4.78 is 10.7. The van der Waals surface area contributed by atoms with Crippen LogP contribution in [0.2, 0.25) is 0 Å². The van der Waals surface area contributed by atoms with E-state index in [1.165, 1.54) is 6.08 Å². The SMILES string of the molecule is CCOC(=O)N1CCC(NC(=O)/C=C/c2ccc(OCc3csc(C)n3)cc2)CC1. The largest absolute Gasteiger partial charge is 0.487 e. The summed E-state index contributed by atoms with van der Waals surface area (Å²) in [6.07, 6.45) is 4.48. The van der Waals surface area contributed by atoms with Crippen molar-refractivity contribution in [3.63, 3.8) is 0 Å². The highest BCUT2D eigenvalue weighted by atomic mass is 32.1. The number of hydrogen-bond donors (Lipinski definition) is 1. The number of carbonyl (C=O) groups excluding carboxylic acids is 2.